The highest BCUT2D eigenvalue weighted by Crippen LogP contribution is 2.06. The minimum absolute atomic E-state index is 0.166. The lowest BCUT2D eigenvalue weighted by molar-refractivity contribution is 0.0943. The van der Waals surface area contributed by atoms with Gasteiger partial charge < -0.3 is 15.0 Å². The molecule has 0 aliphatic carbocycles. The second-order valence-corrected chi connectivity index (χ2v) is 3.85. The maximum atomic E-state index is 11.8. The third-order valence-corrected chi connectivity index (χ3v) is 2.77. The standard InChI is InChI=1S/C13H21N3O2/c1-4-16(5-2)10-9-14-13(17)11-7-6-8-12(15-11)18-3/h6-8H,4-5,9-10H2,1-3H3,(H,14,17). The molecule has 1 heterocycles. The van der Waals surface area contributed by atoms with E-state index in [9.17, 15) is 4.79 Å². The van der Waals surface area contributed by atoms with Gasteiger partial charge in [0.05, 0.1) is 7.11 Å². The lowest BCUT2D eigenvalue weighted by atomic mass is 10.3. The van der Waals surface area contributed by atoms with E-state index in [4.69, 9.17) is 4.74 Å². The summed E-state index contributed by atoms with van der Waals surface area (Å²) < 4.78 is 4.98. The van der Waals surface area contributed by atoms with E-state index >= 15 is 0 Å². The number of pyridine rings is 1. The van der Waals surface area contributed by atoms with Crippen LogP contribution >= 0.6 is 0 Å². The first kappa shape index (κ1) is 14.4. The molecule has 0 aliphatic rings. The number of amides is 1. The van der Waals surface area contributed by atoms with Gasteiger partial charge in [-0.2, -0.15) is 0 Å². The molecule has 0 bridgehead atoms. The predicted octanol–water partition coefficient (Wildman–Crippen LogP) is 1.16. The molecule has 1 aromatic heterocycles. The van der Waals surface area contributed by atoms with E-state index in [1.54, 1.807) is 18.2 Å². The molecule has 0 unspecified atom stereocenters. The van der Waals surface area contributed by atoms with Crippen molar-refractivity contribution in [2.75, 3.05) is 33.3 Å². The van der Waals surface area contributed by atoms with Crippen LogP contribution in [0.2, 0.25) is 0 Å². The fourth-order valence-electron chi connectivity index (χ4n) is 1.61. The number of hydrogen-bond acceptors (Lipinski definition) is 4. The summed E-state index contributed by atoms with van der Waals surface area (Å²) in [7, 11) is 1.53. The Morgan fingerprint density at radius 2 is 2.11 bits per heavy atom. The molecule has 1 amide bonds. The van der Waals surface area contributed by atoms with E-state index < -0.39 is 0 Å². The summed E-state index contributed by atoms with van der Waals surface area (Å²) in [4.78, 5) is 18.2. The molecule has 100 valence electrons. The first-order chi connectivity index (χ1) is 8.71. The topological polar surface area (TPSA) is 54.5 Å². The minimum Gasteiger partial charge on any atom is -0.481 e. The second kappa shape index (κ2) is 7.66. The van der Waals surface area contributed by atoms with Crippen LogP contribution in [0.1, 0.15) is 24.3 Å². The van der Waals surface area contributed by atoms with Gasteiger partial charge in [0.15, 0.2) is 0 Å². The van der Waals surface area contributed by atoms with Crippen LogP contribution in [-0.4, -0.2) is 49.1 Å². The van der Waals surface area contributed by atoms with Gasteiger partial charge in [0, 0.05) is 19.2 Å². The molecule has 0 radical (unpaired) electrons. The zero-order valence-corrected chi connectivity index (χ0v) is 11.3. The van der Waals surface area contributed by atoms with Gasteiger partial charge in [-0.25, -0.2) is 4.98 Å². The number of rotatable bonds is 7. The minimum atomic E-state index is -0.166. The van der Waals surface area contributed by atoms with Crippen LogP contribution in [0.5, 0.6) is 5.88 Å². The smallest absolute Gasteiger partial charge is 0.270 e. The van der Waals surface area contributed by atoms with E-state index in [0.29, 0.717) is 18.1 Å². The van der Waals surface area contributed by atoms with Crippen molar-refractivity contribution in [1.82, 2.24) is 15.2 Å². The highest BCUT2D eigenvalue weighted by Gasteiger charge is 2.08. The number of aromatic nitrogens is 1. The molecule has 1 N–H and O–H groups in total. The quantitative estimate of drug-likeness (QED) is 0.790. The van der Waals surface area contributed by atoms with Crippen LogP contribution in [0.4, 0.5) is 0 Å². The highest BCUT2D eigenvalue weighted by atomic mass is 16.5. The van der Waals surface area contributed by atoms with E-state index in [0.717, 1.165) is 19.6 Å². The molecular formula is C13H21N3O2. The Bertz CT molecular complexity index is 378. The van der Waals surface area contributed by atoms with Crippen molar-refractivity contribution in [1.29, 1.82) is 0 Å². The van der Waals surface area contributed by atoms with E-state index in [2.05, 4.69) is 29.0 Å². The normalized spacial score (nSPS) is 10.4. The monoisotopic (exact) mass is 251 g/mol. The zero-order valence-electron chi connectivity index (χ0n) is 11.3. The van der Waals surface area contributed by atoms with Crippen LogP contribution in [0.25, 0.3) is 0 Å². The fourth-order valence-corrected chi connectivity index (χ4v) is 1.61. The molecule has 0 aromatic carbocycles. The van der Waals surface area contributed by atoms with E-state index in [1.165, 1.54) is 7.11 Å². The fraction of sp³-hybridized carbons (Fsp3) is 0.538. The summed E-state index contributed by atoms with van der Waals surface area (Å²) in [5, 5.41) is 2.85. The third kappa shape index (κ3) is 4.33. The van der Waals surface area contributed by atoms with Crippen molar-refractivity contribution in [3.05, 3.63) is 23.9 Å². The largest absolute Gasteiger partial charge is 0.481 e. The molecule has 5 nitrogen and oxygen atoms in total. The summed E-state index contributed by atoms with van der Waals surface area (Å²) in [6, 6.07) is 5.15. The summed E-state index contributed by atoms with van der Waals surface area (Å²) in [6.45, 7) is 7.67. The van der Waals surface area contributed by atoms with Gasteiger partial charge >= 0.3 is 0 Å². The number of nitrogens with zero attached hydrogens (tertiary/aromatic N) is 2. The maximum Gasteiger partial charge on any atom is 0.270 e. The molecule has 0 aliphatic heterocycles. The SMILES string of the molecule is CCN(CC)CCNC(=O)c1cccc(OC)n1. The first-order valence-corrected chi connectivity index (χ1v) is 6.22. The van der Waals surface area contributed by atoms with Crippen LogP contribution in [0.3, 0.4) is 0 Å². The van der Waals surface area contributed by atoms with Crippen molar-refractivity contribution >= 4 is 5.91 Å². The molecule has 0 atom stereocenters. The summed E-state index contributed by atoms with van der Waals surface area (Å²) in [6.07, 6.45) is 0. The van der Waals surface area contributed by atoms with E-state index in [-0.39, 0.29) is 5.91 Å². The molecule has 0 fully saturated rings. The van der Waals surface area contributed by atoms with Gasteiger partial charge in [0.2, 0.25) is 5.88 Å². The number of ether oxygens (including phenoxy) is 1. The van der Waals surface area contributed by atoms with Gasteiger partial charge in [-0.1, -0.05) is 19.9 Å². The molecule has 1 aromatic rings. The molecular weight excluding hydrogens is 230 g/mol. The van der Waals surface area contributed by atoms with Crippen LogP contribution < -0.4 is 10.1 Å². The first-order valence-electron chi connectivity index (χ1n) is 6.22. The second-order valence-electron chi connectivity index (χ2n) is 3.85. The highest BCUT2D eigenvalue weighted by molar-refractivity contribution is 5.92. The Hall–Kier alpha value is -1.62. The molecule has 5 heteroatoms. The Kier molecular flexibility index (Phi) is 6.14. The van der Waals surface area contributed by atoms with Crippen molar-refractivity contribution in [3.63, 3.8) is 0 Å². The Balaban J connectivity index is 2.45. The zero-order chi connectivity index (χ0) is 13.4. The predicted molar refractivity (Wildman–Crippen MR) is 70.9 cm³/mol. The Morgan fingerprint density at radius 1 is 1.39 bits per heavy atom. The summed E-state index contributed by atoms with van der Waals surface area (Å²) in [5.41, 5.74) is 0.383. The average Bonchev–Trinajstić information content (AvgIpc) is 2.43. The molecule has 1 rings (SSSR count). The van der Waals surface area contributed by atoms with Crippen molar-refractivity contribution in [3.8, 4) is 5.88 Å². The number of hydrogen-bond donors (Lipinski definition) is 1. The number of nitrogens with one attached hydrogen (secondary N) is 1. The third-order valence-electron chi connectivity index (χ3n) is 2.77. The van der Waals surface area contributed by atoms with Crippen molar-refractivity contribution in [2.24, 2.45) is 0 Å². The number of carbonyl (C=O) groups is 1. The van der Waals surface area contributed by atoms with Gasteiger partial charge in [-0.15, -0.1) is 0 Å². The van der Waals surface area contributed by atoms with Gasteiger partial charge in [-0.3, -0.25) is 4.79 Å². The molecule has 0 spiro atoms. The van der Waals surface area contributed by atoms with Gasteiger partial charge in [0.1, 0.15) is 5.69 Å². The average molecular weight is 251 g/mol. The maximum absolute atomic E-state index is 11.8. The number of carbonyl (C=O) groups excluding carboxylic acids is 1. The Morgan fingerprint density at radius 3 is 2.72 bits per heavy atom. The van der Waals surface area contributed by atoms with Crippen LogP contribution in [0, 0.1) is 0 Å². The number of likely N-dealkylation sites (N-methyl/N-ethyl adjacent to an activating group) is 1. The van der Waals surface area contributed by atoms with Gasteiger partial charge in [0.25, 0.3) is 5.91 Å². The van der Waals surface area contributed by atoms with Crippen LogP contribution in [0.15, 0.2) is 18.2 Å². The Labute approximate surface area is 108 Å². The lowest BCUT2D eigenvalue weighted by Gasteiger charge is -2.17. The number of methoxy groups -OCH3 is 1. The summed E-state index contributed by atoms with van der Waals surface area (Å²) in [5.74, 6) is 0.285. The molecule has 18 heavy (non-hydrogen) atoms. The summed E-state index contributed by atoms with van der Waals surface area (Å²) >= 11 is 0. The van der Waals surface area contributed by atoms with Gasteiger partial charge in [-0.05, 0) is 19.2 Å². The van der Waals surface area contributed by atoms with Crippen molar-refractivity contribution < 1.29 is 9.53 Å². The molecule has 0 saturated carbocycles. The molecule has 0 saturated heterocycles. The van der Waals surface area contributed by atoms with E-state index in [1.807, 2.05) is 0 Å². The lowest BCUT2D eigenvalue weighted by Crippen LogP contribution is -2.35. The van der Waals surface area contributed by atoms with Crippen molar-refractivity contribution in [2.45, 2.75) is 13.8 Å². The van der Waals surface area contributed by atoms with Crippen LogP contribution in [-0.2, 0) is 0 Å².